The number of carbonyl (C=O) groups is 2. The van der Waals surface area contributed by atoms with E-state index in [1.54, 1.807) is 26.0 Å². The number of nitrogen functional groups attached to an aromatic ring is 1. The van der Waals surface area contributed by atoms with Crippen LogP contribution in [0.15, 0.2) is 23.1 Å². The van der Waals surface area contributed by atoms with E-state index in [1.165, 1.54) is 13.0 Å². The fraction of sp³-hybridized carbons (Fsp3) is 0.385. The number of benzene rings is 1. The van der Waals surface area contributed by atoms with Crippen molar-refractivity contribution < 1.29 is 18.0 Å². The van der Waals surface area contributed by atoms with Crippen LogP contribution >= 0.6 is 0 Å². The van der Waals surface area contributed by atoms with Crippen LogP contribution in [0.4, 0.5) is 10.5 Å². The van der Waals surface area contributed by atoms with Gasteiger partial charge in [0.1, 0.15) is 5.25 Å². The number of urea groups is 1. The van der Waals surface area contributed by atoms with Crippen LogP contribution in [0.25, 0.3) is 0 Å². The molecule has 1 aromatic carbocycles. The van der Waals surface area contributed by atoms with Crippen LogP contribution in [0.5, 0.6) is 0 Å². The van der Waals surface area contributed by atoms with Crippen molar-refractivity contribution in [3.63, 3.8) is 0 Å². The molecule has 1 unspecified atom stereocenters. The van der Waals surface area contributed by atoms with Gasteiger partial charge in [0.2, 0.25) is 5.91 Å². The Morgan fingerprint density at radius 1 is 1.33 bits per heavy atom. The molecule has 0 aliphatic heterocycles. The fourth-order valence-corrected chi connectivity index (χ4v) is 3.11. The van der Waals surface area contributed by atoms with E-state index in [9.17, 15) is 18.0 Å². The molecule has 4 N–H and O–H groups in total. The van der Waals surface area contributed by atoms with Crippen molar-refractivity contribution in [1.82, 2.24) is 10.6 Å². The topological polar surface area (TPSA) is 118 Å². The van der Waals surface area contributed by atoms with Gasteiger partial charge in [-0.3, -0.25) is 10.1 Å². The minimum absolute atomic E-state index is 0.107. The second-order valence-corrected chi connectivity index (χ2v) is 6.76. The molecule has 1 aromatic rings. The van der Waals surface area contributed by atoms with Crippen LogP contribution in [0.1, 0.15) is 19.4 Å². The van der Waals surface area contributed by atoms with Crippen LogP contribution < -0.4 is 16.4 Å². The number of nitrogens with one attached hydrogen (secondary N) is 2. The van der Waals surface area contributed by atoms with E-state index in [-0.39, 0.29) is 10.6 Å². The van der Waals surface area contributed by atoms with Gasteiger partial charge in [0.25, 0.3) is 0 Å². The lowest BCUT2D eigenvalue weighted by molar-refractivity contribution is -0.119. The third-order valence-corrected chi connectivity index (χ3v) is 5.11. The lowest BCUT2D eigenvalue weighted by Gasteiger charge is -2.15. The summed E-state index contributed by atoms with van der Waals surface area (Å²) < 4.78 is 24.8. The fourth-order valence-electron chi connectivity index (χ4n) is 1.65. The molecule has 8 heteroatoms. The maximum absolute atomic E-state index is 12.4. The molecule has 21 heavy (non-hydrogen) atoms. The summed E-state index contributed by atoms with van der Waals surface area (Å²) in [6.45, 7) is 4.89. The molecule has 7 nitrogen and oxygen atoms in total. The molecule has 0 aliphatic rings. The zero-order valence-electron chi connectivity index (χ0n) is 12.1. The monoisotopic (exact) mass is 313 g/mol. The minimum Gasteiger partial charge on any atom is -0.397 e. The molecular weight excluding hydrogens is 294 g/mol. The average Bonchev–Trinajstić information content (AvgIpc) is 2.40. The summed E-state index contributed by atoms with van der Waals surface area (Å²) in [7, 11) is -3.97. The molecule has 1 atom stereocenters. The predicted octanol–water partition coefficient (Wildman–Crippen LogP) is 0.585. The first-order valence-electron chi connectivity index (χ1n) is 6.39. The third kappa shape index (κ3) is 3.72. The summed E-state index contributed by atoms with van der Waals surface area (Å²) in [5.41, 5.74) is 6.48. The first-order chi connectivity index (χ1) is 9.71. The standard InChI is InChI=1S/C13H19N3O4S/c1-4-15-13(18)16-12(17)9(3)21(19,20)10-7-5-6-8(2)11(10)14/h5-7,9H,4,14H2,1-3H3,(H2,15,16,17,18). The SMILES string of the molecule is CCNC(=O)NC(=O)C(C)S(=O)(=O)c1cccc(C)c1N. The number of aryl methyl sites for hydroxylation is 1. The molecule has 3 amide bonds. The molecule has 0 spiro atoms. The Labute approximate surface area is 123 Å². The molecule has 0 fully saturated rings. The van der Waals surface area contributed by atoms with Crippen LogP contribution in [0.2, 0.25) is 0 Å². The number of nitrogens with two attached hydrogens (primary N) is 1. The van der Waals surface area contributed by atoms with Crippen LogP contribution in [-0.4, -0.2) is 32.2 Å². The van der Waals surface area contributed by atoms with Gasteiger partial charge >= 0.3 is 6.03 Å². The van der Waals surface area contributed by atoms with Gasteiger partial charge in [-0.25, -0.2) is 13.2 Å². The van der Waals surface area contributed by atoms with Crippen molar-refractivity contribution in [1.29, 1.82) is 0 Å². The molecule has 0 bridgehead atoms. The molecular formula is C13H19N3O4S. The van der Waals surface area contributed by atoms with Gasteiger partial charge < -0.3 is 11.1 Å². The van der Waals surface area contributed by atoms with Gasteiger partial charge in [-0.05, 0) is 32.4 Å². The van der Waals surface area contributed by atoms with Crippen LogP contribution in [-0.2, 0) is 14.6 Å². The Morgan fingerprint density at radius 2 is 1.95 bits per heavy atom. The lowest BCUT2D eigenvalue weighted by atomic mass is 10.2. The second-order valence-electron chi connectivity index (χ2n) is 4.52. The summed E-state index contributed by atoms with van der Waals surface area (Å²) in [5, 5.41) is 2.91. The molecule has 0 aromatic heterocycles. The summed E-state index contributed by atoms with van der Waals surface area (Å²) in [6, 6.07) is 3.83. The number of para-hydroxylation sites is 1. The number of amides is 3. The molecule has 0 saturated carbocycles. The molecule has 0 heterocycles. The van der Waals surface area contributed by atoms with Gasteiger partial charge in [-0.2, -0.15) is 0 Å². The normalized spacial score (nSPS) is 12.5. The van der Waals surface area contributed by atoms with Crippen molar-refractivity contribution in [2.45, 2.75) is 30.9 Å². The van der Waals surface area contributed by atoms with Gasteiger partial charge in [0.05, 0.1) is 10.6 Å². The highest BCUT2D eigenvalue weighted by Gasteiger charge is 2.32. The van der Waals surface area contributed by atoms with E-state index in [2.05, 4.69) is 5.32 Å². The predicted molar refractivity (Wildman–Crippen MR) is 79.5 cm³/mol. The number of imide groups is 1. The van der Waals surface area contributed by atoms with E-state index >= 15 is 0 Å². The summed E-state index contributed by atoms with van der Waals surface area (Å²) in [4.78, 5) is 23.0. The Balaban J connectivity index is 3.05. The summed E-state index contributed by atoms with van der Waals surface area (Å²) in [6.07, 6.45) is 0. The smallest absolute Gasteiger partial charge is 0.321 e. The molecule has 116 valence electrons. The van der Waals surface area contributed by atoms with Gasteiger partial charge in [0, 0.05) is 6.54 Å². The van der Waals surface area contributed by atoms with E-state index in [1.807, 2.05) is 5.32 Å². The third-order valence-electron chi connectivity index (χ3n) is 3.00. The van der Waals surface area contributed by atoms with Crippen molar-refractivity contribution >= 4 is 27.5 Å². The summed E-state index contributed by atoms with van der Waals surface area (Å²) >= 11 is 0. The molecule has 0 aliphatic carbocycles. The van der Waals surface area contributed by atoms with E-state index < -0.39 is 27.0 Å². The quantitative estimate of drug-likeness (QED) is 0.703. The number of sulfone groups is 1. The second kappa shape index (κ2) is 6.57. The Hall–Kier alpha value is -2.09. The number of anilines is 1. The van der Waals surface area contributed by atoms with E-state index in [0.29, 0.717) is 12.1 Å². The van der Waals surface area contributed by atoms with Crippen molar-refractivity contribution in [2.75, 3.05) is 12.3 Å². The van der Waals surface area contributed by atoms with E-state index in [4.69, 9.17) is 5.73 Å². The van der Waals surface area contributed by atoms with E-state index in [0.717, 1.165) is 0 Å². The molecule has 0 radical (unpaired) electrons. The molecule has 0 saturated heterocycles. The first kappa shape index (κ1) is 17.0. The average molecular weight is 313 g/mol. The van der Waals surface area contributed by atoms with Crippen LogP contribution in [0, 0.1) is 6.92 Å². The van der Waals surface area contributed by atoms with Gasteiger partial charge in [-0.1, -0.05) is 12.1 Å². The Bertz CT molecular complexity index is 655. The summed E-state index contributed by atoms with van der Waals surface area (Å²) in [5.74, 6) is -0.901. The highest BCUT2D eigenvalue weighted by molar-refractivity contribution is 7.93. The first-order valence-corrected chi connectivity index (χ1v) is 7.94. The number of rotatable bonds is 4. The number of hydrogen-bond acceptors (Lipinski definition) is 5. The van der Waals surface area contributed by atoms with Crippen molar-refractivity contribution in [3.05, 3.63) is 23.8 Å². The molecule has 1 rings (SSSR count). The Morgan fingerprint density at radius 3 is 2.52 bits per heavy atom. The number of hydrogen-bond donors (Lipinski definition) is 3. The largest absolute Gasteiger partial charge is 0.397 e. The lowest BCUT2D eigenvalue weighted by Crippen LogP contribution is -2.45. The van der Waals surface area contributed by atoms with Gasteiger partial charge in [0.15, 0.2) is 9.84 Å². The zero-order chi connectivity index (χ0) is 16.2. The Kier molecular flexibility index (Phi) is 5.31. The maximum Gasteiger partial charge on any atom is 0.321 e. The highest BCUT2D eigenvalue weighted by atomic mass is 32.2. The van der Waals surface area contributed by atoms with Crippen molar-refractivity contribution in [2.24, 2.45) is 0 Å². The van der Waals surface area contributed by atoms with Gasteiger partial charge in [-0.15, -0.1) is 0 Å². The highest BCUT2D eigenvalue weighted by Crippen LogP contribution is 2.25. The maximum atomic E-state index is 12.4. The van der Waals surface area contributed by atoms with Crippen LogP contribution in [0.3, 0.4) is 0 Å². The zero-order valence-corrected chi connectivity index (χ0v) is 13.0. The minimum atomic E-state index is -3.97. The number of carbonyl (C=O) groups excluding carboxylic acids is 2. The van der Waals surface area contributed by atoms with Crippen molar-refractivity contribution in [3.8, 4) is 0 Å².